The van der Waals surface area contributed by atoms with E-state index in [-0.39, 0.29) is 11.0 Å². The van der Waals surface area contributed by atoms with Crippen LogP contribution < -0.4 is 4.90 Å². The fourth-order valence-electron chi connectivity index (χ4n) is 5.70. The van der Waals surface area contributed by atoms with Crippen molar-refractivity contribution in [1.82, 2.24) is 4.90 Å². The lowest BCUT2D eigenvalue weighted by molar-refractivity contribution is 0.164. The van der Waals surface area contributed by atoms with Crippen molar-refractivity contribution in [2.75, 3.05) is 32.1 Å². The maximum absolute atomic E-state index is 2.78. The van der Waals surface area contributed by atoms with Crippen LogP contribution in [0, 0.1) is 0 Å². The average molecular weight is 349 g/mol. The van der Waals surface area contributed by atoms with Gasteiger partial charge in [-0.05, 0) is 57.1 Å². The molecule has 0 N–H and O–H groups in total. The first-order chi connectivity index (χ1) is 12.6. The summed E-state index contributed by atoms with van der Waals surface area (Å²) in [6.07, 6.45) is 6.40. The minimum atomic E-state index is 0.0997. The molecule has 0 radical (unpaired) electrons. The monoisotopic (exact) mass is 348 g/mol. The summed E-state index contributed by atoms with van der Waals surface area (Å²) in [5, 5.41) is 0. The van der Waals surface area contributed by atoms with Gasteiger partial charge in [0.25, 0.3) is 0 Å². The lowest BCUT2D eigenvalue weighted by Crippen LogP contribution is -2.56. The van der Waals surface area contributed by atoms with Crippen molar-refractivity contribution in [2.45, 2.75) is 50.0 Å². The SMILES string of the molecule is CN(C)CCCN1c2ccccc2C2(C)CCCCC12c1ccccc1. The van der Waals surface area contributed by atoms with Gasteiger partial charge in [0.05, 0.1) is 5.54 Å². The van der Waals surface area contributed by atoms with E-state index in [1.807, 2.05) is 0 Å². The Hall–Kier alpha value is -1.80. The molecule has 1 saturated carbocycles. The zero-order valence-corrected chi connectivity index (χ0v) is 16.5. The maximum Gasteiger partial charge on any atom is 0.0748 e. The Morgan fingerprint density at radius 1 is 0.923 bits per heavy atom. The molecule has 4 rings (SSSR count). The van der Waals surface area contributed by atoms with Crippen LogP contribution in [0.3, 0.4) is 0 Å². The Kier molecular flexibility index (Phi) is 4.56. The van der Waals surface area contributed by atoms with Crippen LogP contribution >= 0.6 is 0 Å². The fraction of sp³-hybridized carbons (Fsp3) is 0.500. The van der Waals surface area contributed by atoms with Gasteiger partial charge in [-0.2, -0.15) is 0 Å². The summed E-state index contributed by atoms with van der Waals surface area (Å²) in [6.45, 7) is 4.80. The lowest BCUT2D eigenvalue weighted by Gasteiger charge is -2.53. The highest BCUT2D eigenvalue weighted by Crippen LogP contribution is 2.62. The van der Waals surface area contributed by atoms with Crippen molar-refractivity contribution >= 4 is 5.69 Å². The van der Waals surface area contributed by atoms with Gasteiger partial charge in [0.1, 0.15) is 0 Å². The molecular weight excluding hydrogens is 316 g/mol. The molecule has 1 fully saturated rings. The zero-order valence-electron chi connectivity index (χ0n) is 16.5. The summed E-state index contributed by atoms with van der Waals surface area (Å²) in [6, 6.07) is 20.5. The van der Waals surface area contributed by atoms with E-state index in [1.54, 1.807) is 5.56 Å². The first-order valence-electron chi connectivity index (χ1n) is 10.2. The molecule has 2 atom stereocenters. The van der Waals surface area contributed by atoms with Crippen molar-refractivity contribution in [2.24, 2.45) is 0 Å². The second-order valence-electron chi connectivity index (χ2n) is 8.59. The molecule has 0 saturated heterocycles. The topological polar surface area (TPSA) is 6.48 Å². The number of benzene rings is 2. The second kappa shape index (κ2) is 6.74. The van der Waals surface area contributed by atoms with Gasteiger partial charge in [0.15, 0.2) is 0 Å². The van der Waals surface area contributed by atoms with Crippen LogP contribution in [0.4, 0.5) is 5.69 Å². The molecule has 2 nitrogen and oxygen atoms in total. The summed E-state index contributed by atoms with van der Waals surface area (Å²) < 4.78 is 0. The molecule has 1 aliphatic heterocycles. The van der Waals surface area contributed by atoms with Crippen LogP contribution in [0.1, 0.15) is 50.2 Å². The number of rotatable bonds is 5. The van der Waals surface area contributed by atoms with E-state index in [9.17, 15) is 0 Å². The molecule has 1 aliphatic carbocycles. The van der Waals surface area contributed by atoms with Crippen molar-refractivity contribution in [3.05, 3.63) is 65.7 Å². The molecule has 1 heterocycles. The number of hydrogen-bond acceptors (Lipinski definition) is 2. The molecule has 0 bridgehead atoms. The van der Waals surface area contributed by atoms with Crippen molar-refractivity contribution < 1.29 is 0 Å². The van der Waals surface area contributed by atoms with Gasteiger partial charge in [-0.15, -0.1) is 0 Å². The Morgan fingerprint density at radius 3 is 2.38 bits per heavy atom. The van der Waals surface area contributed by atoms with E-state index in [1.165, 1.54) is 43.4 Å². The minimum Gasteiger partial charge on any atom is -0.361 e. The van der Waals surface area contributed by atoms with E-state index in [2.05, 4.69) is 85.4 Å². The van der Waals surface area contributed by atoms with Gasteiger partial charge in [-0.3, -0.25) is 0 Å². The van der Waals surface area contributed by atoms with E-state index >= 15 is 0 Å². The average Bonchev–Trinajstić information content (AvgIpc) is 2.89. The summed E-state index contributed by atoms with van der Waals surface area (Å²) in [7, 11) is 4.35. The van der Waals surface area contributed by atoms with Gasteiger partial charge in [0.2, 0.25) is 0 Å². The smallest absolute Gasteiger partial charge is 0.0748 e. The highest BCUT2D eigenvalue weighted by Gasteiger charge is 2.60. The lowest BCUT2D eigenvalue weighted by atomic mass is 9.58. The molecule has 26 heavy (non-hydrogen) atoms. The van der Waals surface area contributed by atoms with Crippen LogP contribution in [-0.4, -0.2) is 32.1 Å². The Labute approximate surface area is 158 Å². The van der Waals surface area contributed by atoms with E-state index < -0.39 is 0 Å². The Bertz CT molecular complexity index is 754. The molecule has 2 unspecified atom stereocenters. The van der Waals surface area contributed by atoms with Crippen molar-refractivity contribution in [1.29, 1.82) is 0 Å². The van der Waals surface area contributed by atoms with E-state index in [0.29, 0.717) is 0 Å². The van der Waals surface area contributed by atoms with Crippen LogP contribution in [0.25, 0.3) is 0 Å². The Morgan fingerprint density at radius 2 is 1.62 bits per heavy atom. The molecule has 2 aromatic rings. The number of fused-ring (bicyclic) bond motifs is 3. The standard InChI is InChI=1S/C24H32N2/c1-23-16-9-10-17-24(23,20-12-5-4-6-13-20)26(19-11-18-25(2)3)22-15-8-7-14-21(22)23/h4-8,12-15H,9-11,16-19H2,1-3H3. The Balaban J connectivity index is 1.85. The summed E-state index contributed by atoms with van der Waals surface area (Å²) in [5.74, 6) is 0. The zero-order chi connectivity index (χ0) is 18.2. The predicted molar refractivity (Wildman–Crippen MR) is 111 cm³/mol. The molecule has 0 spiro atoms. The van der Waals surface area contributed by atoms with Crippen LogP contribution in [0.5, 0.6) is 0 Å². The molecule has 2 heteroatoms. The summed E-state index contributed by atoms with van der Waals surface area (Å²) >= 11 is 0. The fourth-order valence-corrected chi connectivity index (χ4v) is 5.70. The highest BCUT2D eigenvalue weighted by molar-refractivity contribution is 5.69. The van der Waals surface area contributed by atoms with Crippen LogP contribution in [-0.2, 0) is 11.0 Å². The largest absolute Gasteiger partial charge is 0.361 e. The van der Waals surface area contributed by atoms with Gasteiger partial charge in [-0.1, -0.05) is 68.3 Å². The molecule has 0 aromatic heterocycles. The first-order valence-corrected chi connectivity index (χ1v) is 10.2. The minimum absolute atomic E-state index is 0.0997. The van der Waals surface area contributed by atoms with Gasteiger partial charge >= 0.3 is 0 Å². The third kappa shape index (κ3) is 2.50. The first kappa shape index (κ1) is 17.6. The number of hydrogen-bond donors (Lipinski definition) is 0. The maximum atomic E-state index is 2.78. The molecular formula is C24H32N2. The van der Waals surface area contributed by atoms with Crippen LogP contribution in [0.2, 0.25) is 0 Å². The number of nitrogens with zero attached hydrogens (tertiary/aromatic N) is 2. The third-order valence-corrected chi connectivity index (χ3v) is 6.87. The number of anilines is 1. The highest BCUT2D eigenvalue weighted by atomic mass is 15.3. The normalized spacial score (nSPS) is 27.5. The van der Waals surface area contributed by atoms with Crippen molar-refractivity contribution in [3.8, 4) is 0 Å². The molecule has 2 aromatic carbocycles. The second-order valence-corrected chi connectivity index (χ2v) is 8.59. The van der Waals surface area contributed by atoms with Gasteiger partial charge in [-0.25, -0.2) is 0 Å². The molecule has 2 aliphatic rings. The summed E-state index contributed by atoms with van der Waals surface area (Å²) in [4.78, 5) is 5.08. The van der Waals surface area contributed by atoms with Crippen molar-refractivity contribution in [3.63, 3.8) is 0 Å². The van der Waals surface area contributed by atoms with Gasteiger partial charge < -0.3 is 9.80 Å². The third-order valence-electron chi connectivity index (χ3n) is 6.87. The van der Waals surface area contributed by atoms with Gasteiger partial charge in [0, 0.05) is 17.6 Å². The molecule has 138 valence electrons. The van der Waals surface area contributed by atoms with E-state index in [0.717, 1.165) is 13.1 Å². The van der Waals surface area contributed by atoms with E-state index in [4.69, 9.17) is 0 Å². The summed E-state index contributed by atoms with van der Waals surface area (Å²) in [5.41, 5.74) is 4.83. The number of para-hydroxylation sites is 1. The predicted octanol–water partition coefficient (Wildman–Crippen LogP) is 5.19. The quantitative estimate of drug-likeness (QED) is 0.734. The van der Waals surface area contributed by atoms with Crippen LogP contribution in [0.15, 0.2) is 54.6 Å². The molecule has 0 amide bonds.